The summed E-state index contributed by atoms with van der Waals surface area (Å²) in [4.78, 5) is 27.2. The first-order valence-electron chi connectivity index (χ1n) is 6.29. The maximum Gasteiger partial charge on any atom is 0.340 e. The van der Waals surface area contributed by atoms with E-state index >= 15 is 0 Å². The van der Waals surface area contributed by atoms with Gasteiger partial charge in [-0.05, 0) is 31.9 Å². The molecule has 1 aromatic rings. The van der Waals surface area contributed by atoms with Crippen molar-refractivity contribution in [3.63, 3.8) is 0 Å². The molecule has 0 fully saturated rings. The second kappa shape index (κ2) is 6.87. The van der Waals surface area contributed by atoms with Gasteiger partial charge < -0.3 is 10.1 Å². The molecule has 1 unspecified atom stereocenters. The predicted molar refractivity (Wildman–Crippen MR) is 71.7 cm³/mol. The van der Waals surface area contributed by atoms with Crippen molar-refractivity contribution < 1.29 is 14.3 Å². The zero-order valence-corrected chi connectivity index (χ0v) is 11.8. The molecule has 0 saturated carbocycles. The minimum atomic E-state index is -0.542. The highest BCUT2D eigenvalue weighted by atomic mass is 16.5. The lowest BCUT2D eigenvalue weighted by molar-refractivity contribution is -0.125. The van der Waals surface area contributed by atoms with Crippen molar-refractivity contribution in [1.82, 2.24) is 10.3 Å². The molecule has 0 aromatic carbocycles. The Morgan fingerprint density at radius 3 is 2.53 bits per heavy atom. The highest BCUT2D eigenvalue weighted by Gasteiger charge is 2.13. The van der Waals surface area contributed by atoms with E-state index in [-0.39, 0.29) is 18.6 Å². The number of aryl methyl sites for hydroxylation is 1. The van der Waals surface area contributed by atoms with E-state index in [4.69, 9.17) is 4.74 Å². The van der Waals surface area contributed by atoms with Crippen LogP contribution in [0, 0.1) is 12.8 Å². The highest BCUT2D eigenvalue weighted by Crippen LogP contribution is 2.02. The number of hydrogen-bond acceptors (Lipinski definition) is 4. The first-order chi connectivity index (χ1) is 8.90. The van der Waals surface area contributed by atoms with Crippen LogP contribution >= 0.6 is 0 Å². The van der Waals surface area contributed by atoms with Gasteiger partial charge in [-0.1, -0.05) is 13.8 Å². The van der Waals surface area contributed by atoms with Gasteiger partial charge in [-0.2, -0.15) is 0 Å². The lowest BCUT2D eigenvalue weighted by Gasteiger charge is -2.17. The number of hydrogen-bond donors (Lipinski definition) is 1. The molecule has 0 bridgehead atoms. The molecule has 0 aliphatic rings. The average Bonchev–Trinajstić information content (AvgIpc) is 2.36. The Morgan fingerprint density at radius 2 is 2.00 bits per heavy atom. The van der Waals surface area contributed by atoms with Crippen LogP contribution in [0.4, 0.5) is 0 Å². The molecular formula is C14H20N2O3. The molecule has 0 aliphatic heterocycles. The Hall–Kier alpha value is -1.91. The van der Waals surface area contributed by atoms with Gasteiger partial charge in [-0.3, -0.25) is 9.78 Å². The van der Waals surface area contributed by atoms with Gasteiger partial charge in [0.1, 0.15) is 0 Å². The van der Waals surface area contributed by atoms with Crippen molar-refractivity contribution in [2.45, 2.75) is 33.7 Å². The molecule has 5 heteroatoms. The molecule has 0 spiro atoms. The third-order valence-corrected chi connectivity index (χ3v) is 2.87. The van der Waals surface area contributed by atoms with Crippen molar-refractivity contribution >= 4 is 11.9 Å². The van der Waals surface area contributed by atoms with E-state index in [0.29, 0.717) is 11.5 Å². The zero-order valence-electron chi connectivity index (χ0n) is 11.8. The monoisotopic (exact) mass is 264 g/mol. The number of aromatic nitrogens is 1. The third-order valence-electron chi connectivity index (χ3n) is 2.87. The number of ether oxygens (including phenoxy) is 1. The molecule has 5 nitrogen and oxygen atoms in total. The molecule has 1 aromatic heterocycles. The van der Waals surface area contributed by atoms with E-state index in [2.05, 4.69) is 10.3 Å². The van der Waals surface area contributed by atoms with Crippen LogP contribution in [-0.4, -0.2) is 29.5 Å². The summed E-state index contributed by atoms with van der Waals surface area (Å²) in [6.45, 7) is 7.48. The van der Waals surface area contributed by atoms with Crippen LogP contribution in [0.15, 0.2) is 18.3 Å². The molecule has 1 N–H and O–H groups in total. The fourth-order valence-electron chi connectivity index (χ4n) is 1.27. The van der Waals surface area contributed by atoms with Crippen molar-refractivity contribution in [3.8, 4) is 0 Å². The topological polar surface area (TPSA) is 68.3 Å². The minimum Gasteiger partial charge on any atom is -0.452 e. The van der Waals surface area contributed by atoms with Crippen molar-refractivity contribution in [2.24, 2.45) is 5.92 Å². The summed E-state index contributed by atoms with van der Waals surface area (Å²) in [7, 11) is 0. The number of rotatable bonds is 5. The summed E-state index contributed by atoms with van der Waals surface area (Å²) < 4.78 is 4.92. The normalized spacial score (nSPS) is 12.1. The Kier molecular flexibility index (Phi) is 5.48. The summed E-state index contributed by atoms with van der Waals surface area (Å²) in [6.07, 6.45) is 1.44. The Labute approximate surface area is 113 Å². The van der Waals surface area contributed by atoms with Gasteiger partial charge in [0.2, 0.25) is 0 Å². The summed E-state index contributed by atoms with van der Waals surface area (Å²) in [5.41, 5.74) is 1.16. The van der Waals surface area contributed by atoms with Gasteiger partial charge in [0.15, 0.2) is 6.61 Å². The van der Waals surface area contributed by atoms with Gasteiger partial charge in [0.25, 0.3) is 5.91 Å². The first kappa shape index (κ1) is 15.1. The highest BCUT2D eigenvalue weighted by molar-refractivity contribution is 5.91. The SMILES string of the molecule is Cc1ccc(C(=O)OCC(=O)NC(C)C(C)C)cn1. The van der Waals surface area contributed by atoms with Crippen molar-refractivity contribution in [1.29, 1.82) is 0 Å². The minimum absolute atomic E-state index is 0.0484. The molecule has 1 heterocycles. The summed E-state index contributed by atoms with van der Waals surface area (Å²) in [6, 6.07) is 3.39. The number of amides is 1. The Morgan fingerprint density at radius 1 is 1.32 bits per heavy atom. The number of carbonyl (C=O) groups is 2. The Balaban J connectivity index is 2.42. The van der Waals surface area contributed by atoms with Gasteiger partial charge in [-0.25, -0.2) is 4.79 Å². The molecule has 0 aliphatic carbocycles. The second-order valence-corrected chi connectivity index (χ2v) is 4.86. The number of esters is 1. The standard InChI is InChI=1S/C14H20N2O3/c1-9(2)11(4)16-13(17)8-19-14(18)12-6-5-10(3)15-7-12/h5-7,9,11H,8H2,1-4H3,(H,16,17). The molecule has 1 rings (SSSR count). The van der Waals surface area contributed by atoms with E-state index in [9.17, 15) is 9.59 Å². The van der Waals surface area contributed by atoms with Crippen molar-refractivity contribution in [2.75, 3.05) is 6.61 Å². The van der Waals surface area contributed by atoms with E-state index in [0.717, 1.165) is 5.69 Å². The number of nitrogens with one attached hydrogen (secondary N) is 1. The molecule has 1 atom stereocenters. The predicted octanol–water partition coefficient (Wildman–Crippen LogP) is 1.71. The fourth-order valence-corrected chi connectivity index (χ4v) is 1.27. The third kappa shape index (κ3) is 5.07. The molecule has 0 saturated heterocycles. The fraction of sp³-hybridized carbons (Fsp3) is 0.500. The van der Waals surface area contributed by atoms with E-state index in [1.165, 1.54) is 6.20 Å². The molecule has 1 amide bonds. The van der Waals surface area contributed by atoms with E-state index < -0.39 is 5.97 Å². The molecule has 19 heavy (non-hydrogen) atoms. The lowest BCUT2D eigenvalue weighted by atomic mass is 10.1. The van der Waals surface area contributed by atoms with Crippen LogP contribution < -0.4 is 5.32 Å². The lowest BCUT2D eigenvalue weighted by Crippen LogP contribution is -2.38. The zero-order chi connectivity index (χ0) is 14.4. The van der Waals surface area contributed by atoms with Gasteiger partial charge in [0, 0.05) is 17.9 Å². The second-order valence-electron chi connectivity index (χ2n) is 4.86. The summed E-state index contributed by atoms with van der Waals surface area (Å²) >= 11 is 0. The van der Waals surface area contributed by atoms with Crippen molar-refractivity contribution in [3.05, 3.63) is 29.6 Å². The van der Waals surface area contributed by atoms with Crippen LogP contribution in [0.1, 0.15) is 36.8 Å². The smallest absolute Gasteiger partial charge is 0.340 e. The first-order valence-corrected chi connectivity index (χ1v) is 6.29. The van der Waals surface area contributed by atoms with Crippen LogP contribution in [-0.2, 0) is 9.53 Å². The van der Waals surface area contributed by atoms with Gasteiger partial charge >= 0.3 is 5.97 Å². The van der Waals surface area contributed by atoms with Crippen LogP contribution in [0.3, 0.4) is 0 Å². The maximum absolute atomic E-state index is 11.6. The average molecular weight is 264 g/mol. The molecule has 0 radical (unpaired) electrons. The summed E-state index contributed by atoms with van der Waals surface area (Å²) in [5, 5.41) is 2.76. The molecular weight excluding hydrogens is 244 g/mol. The number of pyridine rings is 1. The van der Waals surface area contributed by atoms with Crippen LogP contribution in [0.5, 0.6) is 0 Å². The number of nitrogens with zero attached hydrogens (tertiary/aromatic N) is 1. The van der Waals surface area contributed by atoms with E-state index in [1.807, 2.05) is 27.7 Å². The maximum atomic E-state index is 11.6. The van der Waals surface area contributed by atoms with Gasteiger partial charge in [0.05, 0.1) is 5.56 Å². The van der Waals surface area contributed by atoms with Gasteiger partial charge in [-0.15, -0.1) is 0 Å². The molecule has 104 valence electrons. The van der Waals surface area contributed by atoms with E-state index in [1.54, 1.807) is 12.1 Å². The number of carbonyl (C=O) groups excluding carboxylic acids is 2. The van der Waals surface area contributed by atoms with Crippen LogP contribution in [0.25, 0.3) is 0 Å². The van der Waals surface area contributed by atoms with Crippen LogP contribution in [0.2, 0.25) is 0 Å². The summed E-state index contributed by atoms with van der Waals surface area (Å²) in [5.74, 6) is -0.504. The quantitative estimate of drug-likeness (QED) is 0.822. The largest absolute Gasteiger partial charge is 0.452 e. The Bertz CT molecular complexity index is 441.